The first kappa shape index (κ1) is 23.5. The Hall–Kier alpha value is -2.91. The second-order valence-corrected chi connectivity index (χ2v) is 10.9. The number of nitrogens with zero attached hydrogens (tertiary/aromatic N) is 5. The molecule has 4 aliphatic heterocycles. The number of aromatic nitrogens is 2. The van der Waals surface area contributed by atoms with Gasteiger partial charge in [-0.15, -0.1) is 0 Å². The number of benzene rings is 1. The Bertz CT molecular complexity index is 1140. The maximum atomic E-state index is 12.9. The molecule has 1 aromatic heterocycles. The number of carbonyl (C=O) groups excluding carboxylic acids is 1. The Morgan fingerprint density at radius 3 is 2.53 bits per heavy atom. The summed E-state index contributed by atoms with van der Waals surface area (Å²) in [7, 11) is 0. The zero-order valence-corrected chi connectivity index (χ0v) is 20.9. The smallest absolute Gasteiger partial charge is 0.356 e. The highest BCUT2D eigenvalue weighted by Gasteiger charge is 2.45. The van der Waals surface area contributed by atoms with Gasteiger partial charge in [-0.25, -0.2) is 9.59 Å². The Balaban J connectivity index is 1.17. The molecule has 36 heavy (non-hydrogen) atoms. The first-order valence-corrected chi connectivity index (χ1v) is 13.2. The summed E-state index contributed by atoms with van der Waals surface area (Å²) in [6.07, 6.45) is 8.05. The molecule has 4 aliphatic rings. The molecule has 0 aliphatic carbocycles. The van der Waals surface area contributed by atoms with Gasteiger partial charge in [0.05, 0.1) is 25.3 Å². The molecule has 4 fully saturated rings. The Labute approximate surface area is 211 Å². The van der Waals surface area contributed by atoms with Crippen molar-refractivity contribution in [2.45, 2.75) is 69.6 Å². The monoisotopic (exact) mass is 493 g/mol. The molecular formula is C27H35N5O4. The van der Waals surface area contributed by atoms with Crippen molar-refractivity contribution in [3.05, 3.63) is 47.3 Å². The van der Waals surface area contributed by atoms with Crippen LogP contribution in [0.5, 0.6) is 0 Å². The van der Waals surface area contributed by atoms with Gasteiger partial charge in [0.15, 0.2) is 5.69 Å². The largest absolute Gasteiger partial charge is 0.476 e. The fraction of sp³-hybridized carbons (Fsp3) is 0.593. The minimum Gasteiger partial charge on any atom is -0.476 e. The fourth-order valence-corrected chi connectivity index (χ4v) is 6.89. The van der Waals surface area contributed by atoms with Crippen LogP contribution >= 0.6 is 0 Å². The van der Waals surface area contributed by atoms with Crippen LogP contribution in [-0.4, -0.2) is 87.2 Å². The van der Waals surface area contributed by atoms with E-state index >= 15 is 0 Å². The van der Waals surface area contributed by atoms with E-state index in [1.54, 1.807) is 0 Å². The number of carbonyl (C=O) groups is 2. The molecule has 4 saturated heterocycles. The van der Waals surface area contributed by atoms with Gasteiger partial charge >= 0.3 is 12.0 Å². The van der Waals surface area contributed by atoms with Crippen molar-refractivity contribution in [3.8, 4) is 0 Å². The van der Waals surface area contributed by atoms with E-state index in [0.29, 0.717) is 25.2 Å². The summed E-state index contributed by atoms with van der Waals surface area (Å²) in [6.45, 7) is 7.16. The first-order chi connectivity index (χ1) is 17.4. The number of hydrogen-bond acceptors (Lipinski definition) is 6. The average Bonchev–Trinajstić information content (AvgIpc) is 3.57. The third kappa shape index (κ3) is 4.08. The predicted molar refractivity (Wildman–Crippen MR) is 134 cm³/mol. The van der Waals surface area contributed by atoms with E-state index in [0.717, 1.165) is 50.2 Å². The van der Waals surface area contributed by atoms with Gasteiger partial charge < -0.3 is 19.6 Å². The van der Waals surface area contributed by atoms with Crippen LogP contribution in [0, 0.1) is 6.92 Å². The number of anilines is 1. The quantitative estimate of drug-likeness (QED) is 0.698. The molecule has 2 unspecified atom stereocenters. The molecule has 2 aromatic rings. The number of carboxylic acid groups (broad SMARTS) is 1. The number of piperidine rings is 1. The summed E-state index contributed by atoms with van der Waals surface area (Å²) >= 11 is 0. The third-order valence-corrected chi connectivity index (χ3v) is 8.83. The zero-order valence-electron chi connectivity index (χ0n) is 20.9. The molecule has 2 atom stereocenters. The van der Waals surface area contributed by atoms with Crippen LogP contribution in [0.3, 0.4) is 0 Å². The van der Waals surface area contributed by atoms with Crippen LogP contribution in [0.25, 0.3) is 0 Å². The second kappa shape index (κ2) is 9.19. The maximum Gasteiger partial charge on any atom is 0.356 e. The van der Waals surface area contributed by atoms with Crippen molar-refractivity contribution in [1.82, 2.24) is 19.6 Å². The number of rotatable bonds is 4. The number of aromatic carboxylic acids is 1. The summed E-state index contributed by atoms with van der Waals surface area (Å²) in [5.74, 6) is -1.12. The highest BCUT2D eigenvalue weighted by molar-refractivity contribution is 5.86. The van der Waals surface area contributed by atoms with Crippen LogP contribution in [0.2, 0.25) is 0 Å². The van der Waals surface area contributed by atoms with Gasteiger partial charge in [-0.05, 0) is 75.3 Å². The van der Waals surface area contributed by atoms with Gasteiger partial charge in [0.2, 0.25) is 0 Å². The van der Waals surface area contributed by atoms with E-state index in [2.05, 4.69) is 40.0 Å². The standard InChI is InChI=1S/C27H35N5O4/c1-19-3-4-20(24(15-19)32-21-5-6-22(32)18-36-17-21)16-30-11-2-8-27(30)9-13-29(14-10-27)26(35)31-12-7-23(28-31)25(33)34/h3-4,7,12,15,21-22H,2,5-6,8-11,13-14,16-18H2,1H3,(H,33,34). The molecule has 1 amide bonds. The van der Waals surface area contributed by atoms with Gasteiger partial charge in [0.25, 0.3) is 0 Å². The second-order valence-electron chi connectivity index (χ2n) is 10.9. The third-order valence-electron chi connectivity index (χ3n) is 8.83. The lowest BCUT2D eigenvalue weighted by molar-refractivity contribution is 0.0582. The Kier molecular flexibility index (Phi) is 6.00. The molecule has 192 valence electrons. The van der Waals surface area contributed by atoms with Crippen molar-refractivity contribution in [3.63, 3.8) is 0 Å². The van der Waals surface area contributed by atoms with Crippen molar-refractivity contribution in [2.24, 2.45) is 0 Å². The van der Waals surface area contributed by atoms with E-state index in [4.69, 9.17) is 9.84 Å². The number of amides is 1. The summed E-state index contributed by atoms with van der Waals surface area (Å²) in [5, 5.41) is 13.0. The van der Waals surface area contributed by atoms with Crippen LogP contribution in [-0.2, 0) is 11.3 Å². The predicted octanol–water partition coefficient (Wildman–Crippen LogP) is 3.36. The molecule has 0 saturated carbocycles. The van der Waals surface area contributed by atoms with E-state index in [1.165, 1.54) is 48.3 Å². The van der Waals surface area contributed by atoms with E-state index in [1.807, 2.05) is 4.90 Å². The summed E-state index contributed by atoms with van der Waals surface area (Å²) in [6, 6.07) is 9.01. The molecule has 6 rings (SSSR count). The van der Waals surface area contributed by atoms with Crippen molar-refractivity contribution in [2.75, 3.05) is 37.7 Å². The SMILES string of the molecule is Cc1ccc(CN2CCCC23CCN(C(=O)n2ccc(C(=O)O)n2)CC3)c(N2C3CCC2COC3)c1. The van der Waals surface area contributed by atoms with Crippen LogP contribution in [0.15, 0.2) is 30.5 Å². The van der Waals surface area contributed by atoms with Gasteiger partial charge in [0, 0.05) is 37.1 Å². The minimum atomic E-state index is -1.12. The molecule has 1 spiro atoms. The highest BCUT2D eigenvalue weighted by Crippen LogP contribution is 2.42. The molecule has 0 radical (unpaired) electrons. The lowest BCUT2D eigenvalue weighted by atomic mass is 9.84. The van der Waals surface area contributed by atoms with Crippen LogP contribution in [0.1, 0.15) is 60.1 Å². The van der Waals surface area contributed by atoms with Gasteiger partial charge in [-0.1, -0.05) is 12.1 Å². The molecule has 1 N–H and O–H groups in total. The van der Waals surface area contributed by atoms with Crippen molar-refractivity contribution >= 4 is 17.7 Å². The van der Waals surface area contributed by atoms with E-state index in [9.17, 15) is 9.59 Å². The van der Waals surface area contributed by atoms with E-state index in [-0.39, 0.29) is 17.3 Å². The lowest BCUT2D eigenvalue weighted by Crippen LogP contribution is -2.53. The van der Waals surface area contributed by atoms with Crippen molar-refractivity contribution in [1.29, 1.82) is 0 Å². The minimum absolute atomic E-state index is 0.110. The summed E-state index contributed by atoms with van der Waals surface area (Å²) < 4.78 is 7.01. The zero-order chi connectivity index (χ0) is 24.9. The van der Waals surface area contributed by atoms with Crippen molar-refractivity contribution < 1.29 is 19.4 Å². The first-order valence-electron chi connectivity index (χ1n) is 13.2. The number of morpholine rings is 1. The normalized spacial score (nSPS) is 25.6. The molecule has 1 aromatic carbocycles. The number of carboxylic acids is 1. The Morgan fingerprint density at radius 1 is 1.08 bits per heavy atom. The molecule has 9 nitrogen and oxygen atoms in total. The number of fused-ring (bicyclic) bond motifs is 2. The number of likely N-dealkylation sites (tertiary alicyclic amines) is 2. The number of hydrogen-bond donors (Lipinski definition) is 1. The topological polar surface area (TPSA) is 91.1 Å². The lowest BCUT2D eigenvalue weighted by Gasteiger charge is -2.45. The van der Waals surface area contributed by atoms with Crippen LogP contribution < -0.4 is 4.90 Å². The fourth-order valence-electron chi connectivity index (χ4n) is 6.89. The van der Waals surface area contributed by atoms with Gasteiger partial charge in [-0.3, -0.25) is 4.90 Å². The maximum absolute atomic E-state index is 12.9. The van der Waals surface area contributed by atoms with Gasteiger partial charge in [-0.2, -0.15) is 9.78 Å². The summed E-state index contributed by atoms with van der Waals surface area (Å²) in [5.41, 5.74) is 4.08. The number of ether oxygens (including phenoxy) is 1. The highest BCUT2D eigenvalue weighted by atomic mass is 16.5. The average molecular weight is 494 g/mol. The molecule has 9 heteroatoms. The summed E-state index contributed by atoms with van der Waals surface area (Å²) in [4.78, 5) is 31.2. The Morgan fingerprint density at radius 2 is 1.83 bits per heavy atom. The van der Waals surface area contributed by atoms with Gasteiger partial charge in [0.1, 0.15) is 0 Å². The van der Waals surface area contributed by atoms with E-state index < -0.39 is 5.97 Å². The van der Waals surface area contributed by atoms with Crippen LogP contribution in [0.4, 0.5) is 10.5 Å². The molecule has 5 heterocycles. The molecular weight excluding hydrogens is 458 g/mol. The number of aryl methyl sites for hydroxylation is 1. The molecule has 2 bridgehead atoms.